The first-order valence-electron chi connectivity index (χ1n) is 4.20. The largest absolute Gasteiger partial charge is 0.392 e. The quantitative estimate of drug-likeness (QED) is 0.625. The second-order valence-corrected chi connectivity index (χ2v) is 3.85. The molecular weight excluding hydrogens is 156 g/mol. The molecule has 2 atom stereocenters. The van der Waals surface area contributed by atoms with Gasteiger partial charge in [-0.1, -0.05) is 20.8 Å². The summed E-state index contributed by atoms with van der Waals surface area (Å²) >= 11 is 0. The molecule has 12 heavy (non-hydrogen) atoms. The molecule has 2 N–H and O–H groups in total. The maximum atomic E-state index is 9.49. The molecule has 1 radical (unpaired) electrons. The Morgan fingerprint density at radius 1 is 1.33 bits per heavy atom. The summed E-state index contributed by atoms with van der Waals surface area (Å²) in [5.41, 5.74) is -0.252. The SMILES string of the molecule is CCOC(O)[CH]C(O)C(C)(C)C. The number of hydrogen-bond acceptors (Lipinski definition) is 3. The highest BCUT2D eigenvalue weighted by Gasteiger charge is 2.25. The van der Waals surface area contributed by atoms with Gasteiger partial charge < -0.3 is 14.9 Å². The fraction of sp³-hybridized carbons (Fsp3) is 0.889. The summed E-state index contributed by atoms with van der Waals surface area (Å²) in [5, 5.41) is 18.6. The summed E-state index contributed by atoms with van der Waals surface area (Å²) in [5.74, 6) is 0. The second kappa shape index (κ2) is 4.80. The molecule has 3 nitrogen and oxygen atoms in total. The van der Waals surface area contributed by atoms with Crippen LogP contribution >= 0.6 is 0 Å². The van der Waals surface area contributed by atoms with Crippen LogP contribution < -0.4 is 0 Å². The van der Waals surface area contributed by atoms with Gasteiger partial charge in [-0.2, -0.15) is 0 Å². The lowest BCUT2D eigenvalue weighted by molar-refractivity contribution is -0.0898. The summed E-state index contributed by atoms with van der Waals surface area (Å²) < 4.78 is 4.85. The van der Waals surface area contributed by atoms with E-state index in [0.717, 1.165) is 0 Å². The van der Waals surface area contributed by atoms with E-state index in [1.807, 2.05) is 20.8 Å². The van der Waals surface area contributed by atoms with Crippen LogP contribution in [0.2, 0.25) is 0 Å². The van der Waals surface area contributed by atoms with Crippen molar-refractivity contribution < 1.29 is 14.9 Å². The van der Waals surface area contributed by atoms with E-state index in [4.69, 9.17) is 9.84 Å². The van der Waals surface area contributed by atoms with E-state index in [2.05, 4.69) is 0 Å². The molecule has 73 valence electrons. The lowest BCUT2D eigenvalue weighted by Gasteiger charge is -2.27. The van der Waals surface area contributed by atoms with Gasteiger partial charge in [-0.15, -0.1) is 0 Å². The van der Waals surface area contributed by atoms with Crippen molar-refractivity contribution in [2.24, 2.45) is 5.41 Å². The van der Waals surface area contributed by atoms with Gasteiger partial charge in [-0.3, -0.25) is 0 Å². The van der Waals surface area contributed by atoms with Crippen LogP contribution in [0.1, 0.15) is 27.7 Å². The number of hydrogen-bond donors (Lipinski definition) is 2. The predicted octanol–water partition coefficient (Wildman–Crippen LogP) is 0.953. The average Bonchev–Trinajstić information content (AvgIpc) is 1.85. The lowest BCUT2D eigenvalue weighted by Crippen LogP contribution is -2.32. The average molecular weight is 175 g/mol. The zero-order chi connectivity index (χ0) is 9.78. The molecule has 3 heteroatoms. The molecule has 0 amide bonds. The maximum Gasteiger partial charge on any atom is 0.160 e. The Labute approximate surface area is 74.4 Å². The normalized spacial score (nSPS) is 17.5. The van der Waals surface area contributed by atoms with E-state index in [-0.39, 0.29) is 5.41 Å². The van der Waals surface area contributed by atoms with Crippen LogP contribution in [0.3, 0.4) is 0 Å². The van der Waals surface area contributed by atoms with E-state index >= 15 is 0 Å². The van der Waals surface area contributed by atoms with E-state index in [9.17, 15) is 5.11 Å². The Kier molecular flexibility index (Phi) is 4.75. The smallest absolute Gasteiger partial charge is 0.160 e. The third-order valence-corrected chi connectivity index (χ3v) is 1.57. The van der Waals surface area contributed by atoms with Crippen LogP contribution in [0.4, 0.5) is 0 Å². The van der Waals surface area contributed by atoms with E-state index < -0.39 is 12.4 Å². The lowest BCUT2D eigenvalue weighted by atomic mass is 9.87. The van der Waals surface area contributed by atoms with Gasteiger partial charge in [0.15, 0.2) is 6.29 Å². The van der Waals surface area contributed by atoms with Crippen LogP contribution in [-0.4, -0.2) is 29.2 Å². The summed E-state index contributed by atoms with van der Waals surface area (Å²) in [4.78, 5) is 0. The molecule has 0 aliphatic rings. The summed E-state index contributed by atoms with van der Waals surface area (Å²) in [7, 11) is 0. The minimum atomic E-state index is -0.968. The topological polar surface area (TPSA) is 49.7 Å². The highest BCUT2D eigenvalue weighted by Crippen LogP contribution is 2.22. The van der Waals surface area contributed by atoms with E-state index in [1.54, 1.807) is 6.92 Å². The standard InChI is InChI=1S/C9H19O3/c1-5-12-8(11)6-7(10)9(2,3)4/h6-8,10-11H,5H2,1-4H3. The third kappa shape index (κ3) is 4.70. The zero-order valence-corrected chi connectivity index (χ0v) is 8.24. The Bertz CT molecular complexity index is 117. The molecule has 0 saturated carbocycles. The fourth-order valence-corrected chi connectivity index (χ4v) is 0.671. The first kappa shape index (κ1) is 11.9. The van der Waals surface area contributed by atoms with Crippen LogP contribution in [0.5, 0.6) is 0 Å². The number of ether oxygens (including phenoxy) is 1. The van der Waals surface area contributed by atoms with Gasteiger partial charge in [0.2, 0.25) is 0 Å². The second-order valence-electron chi connectivity index (χ2n) is 3.85. The Hall–Kier alpha value is -0.120. The van der Waals surface area contributed by atoms with Crippen molar-refractivity contribution in [2.75, 3.05) is 6.61 Å². The fourth-order valence-electron chi connectivity index (χ4n) is 0.671. The van der Waals surface area contributed by atoms with Gasteiger partial charge in [0.25, 0.3) is 0 Å². The van der Waals surface area contributed by atoms with Gasteiger partial charge in [-0.25, -0.2) is 0 Å². The Balaban J connectivity index is 3.76. The van der Waals surface area contributed by atoms with Crippen molar-refractivity contribution in [1.29, 1.82) is 0 Å². The molecule has 0 aromatic rings. The minimum absolute atomic E-state index is 0.252. The third-order valence-electron chi connectivity index (χ3n) is 1.57. The van der Waals surface area contributed by atoms with E-state index in [0.29, 0.717) is 6.61 Å². The molecule has 0 fully saturated rings. The van der Waals surface area contributed by atoms with Crippen molar-refractivity contribution >= 4 is 0 Å². The van der Waals surface area contributed by atoms with Crippen LogP contribution in [0.15, 0.2) is 0 Å². The molecule has 0 saturated heterocycles. The van der Waals surface area contributed by atoms with Gasteiger partial charge in [0.05, 0.1) is 6.10 Å². The van der Waals surface area contributed by atoms with Crippen LogP contribution in [-0.2, 0) is 4.74 Å². The summed E-state index contributed by atoms with van der Waals surface area (Å²) in [6.07, 6.45) is -0.230. The van der Waals surface area contributed by atoms with Gasteiger partial charge in [0, 0.05) is 13.0 Å². The van der Waals surface area contributed by atoms with Crippen molar-refractivity contribution in [1.82, 2.24) is 0 Å². The molecule has 0 heterocycles. The van der Waals surface area contributed by atoms with Crippen molar-refractivity contribution in [2.45, 2.75) is 40.1 Å². The number of rotatable bonds is 4. The summed E-state index contributed by atoms with van der Waals surface area (Å²) in [6.45, 7) is 7.92. The van der Waals surface area contributed by atoms with Gasteiger partial charge in [0.1, 0.15) is 0 Å². The van der Waals surface area contributed by atoms with Crippen molar-refractivity contribution in [3.8, 4) is 0 Å². The molecule has 0 aromatic heterocycles. The van der Waals surface area contributed by atoms with Gasteiger partial charge >= 0.3 is 0 Å². The zero-order valence-electron chi connectivity index (χ0n) is 8.24. The first-order valence-corrected chi connectivity index (χ1v) is 4.20. The first-order chi connectivity index (χ1) is 5.38. The van der Waals surface area contributed by atoms with Crippen LogP contribution in [0, 0.1) is 11.8 Å². The van der Waals surface area contributed by atoms with Crippen molar-refractivity contribution in [3.05, 3.63) is 6.42 Å². The molecule has 0 bridgehead atoms. The Morgan fingerprint density at radius 3 is 2.17 bits per heavy atom. The van der Waals surface area contributed by atoms with Crippen LogP contribution in [0.25, 0.3) is 0 Å². The predicted molar refractivity (Wildman–Crippen MR) is 47.4 cm³/mol. The molecule has 0 aliphatic heterocycles. The maximum absolute atomic E-state index is 9.49. The molecule has 0 aromatic carbocycles. The minimum Gasteiger partial charge on any atom is -0.392 e. The molecule has 0 rings (SSSR count). The molecule has 2 unspecified atom stereocenters. The van der Waals surface area contributed by atoms with Crippen molar-refractivity contribution in [3.63, 3.8) is 0 Å². The number of aliphatic hydroxyl groups excluding tert-OH is 2. The molecular formula is C9H19O3. The molecule has 0 aliphatic carbocycles. The summed E-state index contributed by atoms with van der Waals surface area (Å²) in [6, 6.07) is 0. The highest BCUT2D eigenvalue weighted by atomic mass is 16.6. The molecule has 0 spiro atoms. The monoisotopic (exact) mass is 175 g/mol. The number of aliphatic hydroxyl groups is 2. The van der Waals surface area contributed by atoms with Gasteiger partial charge in [-0.05, 0) is 12.3 Å². The Morgan fingerprint density at radius 2 is 1.83 bits per heavy atom. The highest BCUT2D eigenvalue weighted by molar-refractivity contribution is 4.87. The van der Waals surface area contributed by atoms with E-state index in [1.165, 1.54) is 6.42 Å².